The average molecular weight is 314 g/mol. The first kappa shape index (κ1) is 14.6. The first-order valence-corrected chi connectivity index (χ1v) is 8.24. The average Bonchev–Trinajstić information content (AvgIpc) is 3.15. The third kappa shape index (κ3) is 2.93. The number of hydrogen-bond donors (Lipinski definition) is 1. The molecule has 2 aromatic heterocycles. The van der Waals surface area contributed by atoms with Crippen LogP contribution in [0.25, 0.3) is 0 Å². The van der Waals surface area contributed by atoms with Crippen LogP contribution in [0.3, 0.4) is 0 Å². The van der Waals surface area contributed by atoms with Crippen molar-refractivity contribution < 1.29 is 4.74 Å². The molecule has 122 valence electrons. The highest BCUT2D eigenvalue weighted by atomic mass is 16.5. The maximum Gasteiger partial charge on any atom is 0.153 e. The minimum Gasteiger partial charge on any atom is -0.377 e. The van der Waals surface area contributed by atoms with Gasteiger partial charge in [-0.1, -0.05) is 0 Å². The van der Waals surface area contributed by atoms with Gasteiger partial charge in [0.25, 0.3) is 0 Å². The molecule has 0 bridgehead atoms. The fourth-order valence-corrected chi connectivity index (χ4v) is 3.73. The lowest BCUT2D eigenvalue weighted by Gasteiger charge is -2.36. The number of aromatic amines is 1. The fraction of sp³-hybridized carbons (Fsp3) is 0.625. The van der Waals surface area contributed by atoms with Crippen LogP contribution in [0.1, 0.15) is 23.8 Å². The molecule has 2 aromatic rings. The van der Waals surface area contributed by atoms with Gasteiger partial charge in [-0.2, -0.15) is 10.2 Å². The second-order valence-electron chi connectivity index (χ2n) is 6.60. The summed E-state index contributed by atoms with van der Waals surface area (Å²) in [5, 5.41) is 15.6. The Kier molecular flexibility index (Phi) is 3.72. The minimum atomic E-state index is 0.237. The number of H-pyrrole nitrogens is 1. The standard InChI is InChI=1S/C16H22N6O/c1-10-3-4-16(21-18-10)22-6-5-13-12(8-22)9-23-14(13)7-15-17-11(2)19-20-15/h3-4,12-14H,5-9H2,1-2H3,(H,17,19,20)/t12-,13-,14+/m1/s1. The molecular formula is C16H22N6O. The number of rotatable bonds is 3. The molecule has 0 saturated carbocycles. The monoisotopic (exact) mass is 314 g/mol. The highest BCUT2D eigenvalue weighted by molar-refractivity contribution is 5.38. The summed E-state index contributed by atoms with van der Waals surface area (Å²) in [4.78, 5) is 6.74. The van der Waals surface area contributed by atoms with Crippen LogP contribution < -0.4 is 4.90 Å². The Morgan fingerprint density at radius 2 is 2.22 bits per heavy atom. The van der Waals surface area contributed by atoms with Crippen molar-refractivity contribution in [1.29, 1.82) is 0 Å². The lowest BCUT2D eigenvalue weighted by molar-refractivity contribution is 0.0879. The predicted octanol–water partition coefficient (Wildman–Crippen LogP) is 1.30. The Morgan fingerprint density at radius 1 is 1.30 bits per heavy atom. The molecule has 0 radical (unpaired) electrons. The summed E-state index contributed by atoms with van der Waals surface area (Å²) in [7, 11) is 0. The van der Waals surface area contributed by atoms with Gasteiger partial charge >= 0.3 is 0 Å². The molecule has 23 heavy (non-hydrogen) atoms. The maximum absolute atomic E-state index is 6.06. The SMILES string of the molecule is Cc1ccc(N2CC[C@@H]3[C@@H](CO[C@H]3Cc3n[nH]c(C)n3)C2)nn1. The van der Waals surface area contributed by atoms with E-state index in [1.807, 2.05) is 19.9 Å². The predicted molar refractivity (Wildman–Crippen MR) is 85.1 cm³/mol. The van der Waals surface area contributed by atoms with Gasteiger partial charge in [-0.3, -0.25) is 5.10 Å². The van der Waals surface area contributed by atoms with Gasteiger partial charge in [-0.15, -0.1) is 5.10 Å². The Labute approximate surface area is 135 Å². The Hall–Kier alpha value is -2.02. The molecule has 2 aliphatic heterocycles. The molecule has 7 nitrogen and oxygen atoms in total. The van der Waals surface area contributed by atoms with E-state index in [2.05, 4.69) is 36.3 Å². The zero-order chi connectivity index (χ0) is 15.8. The van der Waals surface area contributed by atoms with Gasteiger partial charge < -0.3 is 9.64 Å². The molecule has 2 aliphatic rings. The summed E-state index contributed by atoms with van der Waals surface area (Å²) < 4.78 is 6.06. The van der Waals surface area contributed by atoms with Crippen LogP contribution in [0.15, 0.2) is 12.1 Å². The Morgan fingerprint density at radius 3 is 2.96 bits per heavy atom. The van der Waals surface area contributed by atoms with Gasteiger partial charge in [0.15, 0.2) is 11.6 Å². The number of anilines is 1. The number of aryl methyl sites for hydroxylation is 2. The van der Waals surface area contributed by atoms with Crippen molar-refractivity contribution in [2.75, 3.05) is 24.6 Å². The Balaban J connectivity index is 1.41. The molecule has 0 amide bonds. The van der Waals surface area contributed by atoms with Crippen LogP contribution in [0, 0.1) is 25.7 Å². The van der Waals surface area contributed by atoms with Crippen LogP contribution in [-0.2, 0) is 11.2 Å². The third-order valence-corrected chi connectivity index (χ3v) is 4.93. The van der Waals surface area contributed by atoms with Crippen LogP contribution in [0.4, 0.5) is 5.82 Å². The lowest BCUT2D eigenvalue weighted by atomic mass is 9.83. The highest BCUT2D eigenvalue weighted by Gasteiger charge is 2.41. The van der Waals surface area contributed by atoms with E-state index in [1.54, 1.807) is 0 Å². The summed E-state index contributed by atoms with van der Waals surface area (Å²) in [6.45, 7) is 6.70. The summed E-state index contributed by atoms with van der Waals surface area (Å²) in [5.74, 6) is 3.84. The third-order valence-electron chi connectivity index (χ3n) is 4.93. The van der Waals surface area contributed by atoms with Gasteiger partial charge in [-0.25, -0.2) is 4.98 Å². The van der Waals surface area contributed by atoms with Gasteiger partial charge in [0.2, 0.25) is 0 Å². The van der Waals surface area contributed by atoms with Crippen molar-refractivity contribution in [1.82, 2.24) is 25.4 Å². The number of piperidine rings is 1. The second kappa shape index (κ2) is 5.88. The number of fused-ring (bicyclic) bond motifs is 1. The van der Waals surface area contributed by atoms with Gasteiger partial charge in [0, 0.05) is 25.4 Å². The first-order valence-electron chi connectivity index (χ1n) is 8.24. The number of ether oxygens (including phenoxy) is 1. The molecule has 4 heterocycles. The summed E-state index contributed by atoms with van der Waals surface area (Å²) in [6, 6.07) is 4.08. The van der Waals surface area contributed by atoms with E-state index in [9.17, 15) is 0 Å². The zero-order valence-electron chi connectivity index (χ0n) is 13.6. The number of nitrogens with zero attached hydrogens (tertiary/aromatic N) is 5. The second-order valence-corrected chi connectivity index (χ2v) is 6.60. The van der Waals surface area contributed by atoms with E-state index in [-0.39, 0.29) is 6.10 Å². The molecule has 0 aliphatic carbocycles. The lowest BCUT2D eigenvalue weighted by Crippen LogP contribution is -2.42. The summed E-state index contributed by atoms with van der Waals surface area (Å²) >= 11 is 0. The van der Waals surface area contributed by atoms with Crippen LogP contribution in [0.2, 0.25) is 0 Å². The number of hydrogen-bond acceptors (Lipinski definition) is 6. The highest BCUT2D eigenvalue weighted by Crippen LogP contribution is 2.36. The van der Waals surface area contributed by atoms with Crippen molar-refractivity contribution in [2.45, 2.75) is 32.8 Å². The smallest absolute Gasteiger partial charge is 0.153 e. The van der Waals surface area contributed by atoms with Crippen LogP contribution in [-0.4, -0.2) is 51.2 Å². The van der Waals surface area contributed by atoms with Crippen molar-refractivity contribution in [3.63, 3.8) is 0 Å². The topological polar surface area (TPSA) is 79.8 Å². The van der Waals surface area contributed by atoms with Gasteiger partial charge in [-0.05, 0) is 38.3 Å². The molecule has 2 fully saturated rings. The van der Waals surface area contributed by atoms with E-state index < -0.39 is 0 Å². The Bertz CT molecular complexity index is 669. The molecule has 4 rings (SSSR count). The van der Waals surface area contributed by atoms with Crippen LogP contribution >= 0.6 is 0 Å². The summed E-state index contributed by atoms with van der Waals surface area (Å²) in [5.41, 5.74) is 0.953. The van der Waals surface area contributed by atoms with Gasteiger partial charge in [0.05, 0.1) is 18.4 Å². The molecule has 0 aromatic carbocycles. The molecule has 0 spiro atoms. The van der Waals surface area contributed by atoms with Crippen molar-refractivity contribution in [3.8, 4) is 0 Å². The molecule has 1 N–H and O–H groups in total. The van der Waals surface area contributed by atoms with E-state index in [4.69, 9.17) is 4.74 Å². The first-order chi connectivity index (χ1) is 11.2. The molecule has 0 unspecified atom stereocenters. The number of aromatic nitrogens is 5. The largest absolute Gasteiger partial charge is 0.377 e. The quantitative estimate of drug-likeness (QED) is 0.920. The van der Waals surface area contributed by atoms with Crippen molar-refractivity contribution in [2.24, 2.45) is 11.8 Å². The zero-order valence-corrected chi connectivity index (χ0v) is 13.6. The molecular weight excluding hydrogens is 292 g/mol. The van der Waals surface area contributed by atoms with E-state index in [0.717, 1.165) is 55.7 Å². The molecule has 3 atom stereocenters. The van der Waals surface area contributed by atoms with Crippen molar-refractivity contribution in [3.05, 3.63) is 29.5 Å². The fourth-order valence-electron chi connectivity index (χ4n) is 3.73. The minimum absolute atomic E-state index is 0.237. The number of nitrogens with one attached hydrogen (secondary N) is 1. The molecule has 2 saturated heterocycles. The normalized spacial score (nSPS) is 27.2. The summed E-state index contributed by atoms with van der Waals surface area (Å²) in [6.07, 6.45) is 2.16. The van der Waals surface area contributed by atoms with E-state index in [1.165, 1.54) is 0 Å². The van der Waals surface area contributed by atoms with E-state index in [0.29, 0.717) is 11.8 Å². The van der Waals surface area contributed by atoms with Crippen molar-refractivity contribution >= 4 is 5.82 Å². The molecule has 7 heteroatoms. The van der Waals surface area contributed by atoms with E-state index >= 15 is 0 Å². The van der Waals surface area contributed by atoms with Gasteiger partial charge in [0.1, 0.15) is 5.82 Å². The van der Waals surface area contributed by atoms with Crippen LogP contribution in [0.5, 0.6) is 0 Å². The maximum atomic E-state index is 6.06.